The summed E-state index contributed by atoms with van der Waals surface area (Å²) in [6.45, 7) is 2.43. The van der Waals surface area contributed by atoms with Gasteiger partial charge in [-0.25, -0.2) is 0 Å². The maximum atomic E-state index is 5.51. The van der Waals surface area contributed by atoms with E-state index in [4.69, 9.17) is 15.6 Å². The molecule has 2 aromatic rings. The number of aromatic nitrogens is 4. The lowest BCUT2D eigenvalue weighted by molar-refractivity contribution is 0.0831. The van der Waals surface area contributed by atoms with Gasteiger partial charge < -0.3 is 10.5 Å². The zero-order valence-corrected chi connectivity index (χ0v) is 13.1. The highest BCUT2D eigenvalue weighted by Gasteiger charge is 2.23. The predicted octanol–water partition coefficient (Wildman–Crippen LogP) is 2.14. The third-order valence-corrected chi connectivity index (χ3v) is 4.95. The van der Waals surface area contributed by atoms with Crippen LogP contribution in [0.5, 0.6) is 0 Å². The van der Waals surface area contributed by atoms with E-state index in [2.05, 4.69) is 10.2 Å². The van der Waals surface area contributed by atoms with Crippen LogP contribution in [0.15, 0.2) is 0 Å². The number of nitrogens with zero attached hydrogens (tertiary/aromatic N) is 4. The molecule has 7 heteroatoms. The molecule has 116 valence electrons. The summed E-state index contributed by atoms with van der Waals surface area (Å²) in [4.78, 5) is 0.924. The first-order valence-electron chi connectivity index (χ1n) is 7.87. The number of hydrogen-bond acceptors (Lipinski definition) is 6. The van der Waals surface area contributed by atoms with Crippen molar-refractivity contribution in [3.63, 3.8) is 0 Å². The fourth-order valence-corrected chi connectivity index (χ4v) is 3.64. The average Bonchev–Trinajstić information content (AvgIpc) is 3.08. The summed E-state index contributed by atoms with van der Waals surface area (Å²) >= 11 is 1.67. The molecule has 0 atom stereocenters. The van der Waals surface area contributed by atoms with Crippen LogP contribution in [-0.2, 0) is 11.2 Å². The van der Waals surface area contributed by atoms with Gasteiger partial charge in [0.15, 0.2) is 5.82 Å². The molecule has 1 saturated heterocycles. The van der Waals surface area contributed by atoms with Crippen LogP contribution >= 0.6 is 11.3 Å². The highest BCUT2D eigenvalue weighted by molar-refractivity contribution is 7.16. The monoisotopic (exact) mass is 309 g/mol. The fraction of sp³-hybridized carbons (Fsp3) is 0.786. The first-order chi connectivity index (χ1) is 10.4. The van der Waals surface area contributed by atoms with E-state index in [9.17, 15) is 0 Å². The van der Waals surface area contributed by atoms with E-state index in [0.717, 1.165) is 56.2 Å². The van der Waals surface area contributed by atoms with Crippen molar-refractivity contribution in [2.75, 3.05) is 19.8 Å². The van der Waals surface area contributed by atoms with Gasteiger partial charge in [-0.2, -0.15) is 9.61 Å². The number of rotatable bonds is 7. The second kappa shape index (κ2) is 7.29. The van der Waals surface area contributed by atoms with Crippen LogP contribution in [0.2, 0.25) is 0 Å². The predicted molar refractivity (Wildman–Crippen MR) is 82.7 cm³/mol. The summed E-state index contributed by atoms with van der Waals surface area (Å²) in [6, 6.07) is 0. The molecule has 21 heavy (non-hydrogen) atoms. The lowest BCUT2D eigenvalue weighted by Gasteiger charge is -2.19. The standard InChI is InChI=1S/C14H23N5OS/c15-8-4-2-1-3-5-12-18-19-13(16-17-14(19)21-12)11-6-9-20-10-7-11/h11H,1-10,15H2. The Kier molecular flexibility index (Phi) is 5.16. The second-order valence-electron chi connectivity index (χ2n) is 5.59. The van der Waals surface area contributed by atoms with E-state index < -0.39 is 0 Å². The first-order valence-corrected chi connectivity index (χ1v) is 8.69. The van der Waals surface area contributed by atoms with Gasteiger partial charge in [-0.05, 0) is 32.2 Å². The molecule has 0 saturated carbocycles. The Labute approximate surface area is 128 Å². The molecule has 3 heterocycles. The van der Waals surface area contributed by atoms with Gasteiger partial charge >= 0.3 is 0 Å². The van der Waals surface area contributed by atoms with Crippen LogP contribution in [0, 0.1) is 0 Å². The van der Waals surface area contributed by atoms with Crippen molar-refractivity contribution in [1.82, 2.24) is 19.8 Å². The van der Waals surface area contributed by atoms with Crippen LogP contribution in [0.4, 0.5) is 0 Å². The van der Waals surface area contributed by atoms with Gasteiger partial charge in [-0.1, -0.05) is 24.2 Å². The summed E-state index contributed by atoms with van der Waals surface area (Å²) in [6.07, 6.45) is 7.82. The SMILES string of the molecule is NCCCCCCc1nn2c(C3CCOCC3)nnc2s1. The molecule has 0 spiro atoms. The maximum absolute atomic E-state index is 5.51. The molecule has 0 aliphatic carbocycles. The highest BCUT2D eigenvalue weighted by Crippen LogP contribution is 2.27. The zero-order valence-electron chi connectivity index (χ0n) is 12.3. The molecule has 0 amide bonds. The van der Waals surface area contributed by atoms with Crippen molar-refractivity contribution in [3.8, 4) is 0 Å². The van der Waals surface area contributed by atoms with Crippen LogP contribution in [0.25, 0.3) is 4.96 Å². The summed E-state index contributed by atoms with van der Waals surface area (Å²) in [5, 5.41) is 14.5. The second-order valence-corrected chi connectivity index (χ2v) is 6.63. The Hall–Kier alpha value is -1.05. The number of fused-ring (bicyclic) bond motifs is 1. The zero-order chi connectivity index (χ0) is 14.5. The van der Waals surface area contributed by atoms with E-state index in [1.807, 2.05) is 4.52 Å². The van der Waals surface area contributed by atoms with Crippen molar-refractivity contribution >= 4 is 16.3 Å². The number of unbranched alkanes of at least 4 members (excludes halogenated alkanes) is 3. The Morgan fingerprint density at radius 2 is 1.95 bits per heavy atom. The van der Waals surface area contributed by atoms with E-state index in [1.165, 1.54) is 24.3 Å². The Bertz CT molecular complexity index is 561. The lowest BCUT2D eigenvalue weighted by atomic mass is 10.00. The molecule has 6 nitrogen and oxygen atoms in total. The summed E-state index contributed by atoms with van der Waals surface area (Å²) in [5.74, 6) is 1.45. The summed E-state index contributed by atoms with van der Waals surface area (Å²) in [7, 11) is 0. The molecule has 2 aromatic heterocycles. The normalized spacial score (nSPS) is 16.8. The minimum absolute atomic E-state index is 0.438. The van der Waals surface area contributed by atoms with E-state index in [1.54, 1.807) is 11.3 Å². The van der Waals surface area contributed by atoms with Crippen LogP contribution in [-0.4, -0.2) is 39.6 Å². The van der Waals surface area contributed by atoms with Crippen molar-refractivity contribution in [2.24, 2.45) is 5.73 Å². The molecule has 1 fully saturated rings. The minimum Gasteiger partial charge on any atom is -0.381 e. The lowest BCUT2D eigenvalue weighted by Crippen LogP contribution is -2.16. The number of hydrogen-bond donors (Lipinski definition) is 1. The Balaban J connectivity index is 1.62. The fourth-order valence-electron chi connectivity index (χ4n) is 2.76. The van der Waals surface area contributed by atoms with E-state index in [-0.39, 0.29) is 0 Å². The summed E-state index contributed by atoms with van der Waals surface area (Å²) in [5.41, 5.74) is 5.51. The molecule has 0 radical (unpaired) electrons. The van der Waals surface area contributed by atoms with Crippen molar-refractivity contribution < 1.29 is 4.74 Å². The molecule has 1 aliphatic rings. The molecule has 1 aliphatic heterocycles. The number of nitrogens with two attached hydrogens (primary N) is 1. The van der Waals surface area contributed by atoms with Gasteiger partial charge in [0.05, 0.1) is 0 Å². The summed E-state index contributed by atoms with van der Waals surface area (Å²) < 4.78 is 7.37. The molecule has 0 aromatic carbocycles. The third-order valence-electron chi connectivity index (χ3n) is 3.99. The van der Waals surface area contributed by atoms with Crippen LogP contribution in [0.3, 0.4) is 0 Å². The Morgan fingerprint density at radius 1 is 1.14 bits per heavy atom. The number of ether oxygens (including phenoxy) is 1. The largest absolute Gasteiger partial charge is 0.381 e. The average molecular weight is 309 g/mol. The van der Waals surface area contributed by atoms with Gasteiger partial charge in [-0.3, -0.25) is 0 Å². The van der Waals surface area contributed by atoms with Gasteiger partial charge in [0, 0.05) is 25.6 Å². The number of aryl methyl sites for hydroxylation is 1. The van der Waals surface area contributed by atoms with E-state index >= 15 is 0 Å². The quantitative estimate of drug-likeness (QED) is 0.793. The van der Waals surface area contributed by atoms with Crippen LogP contribution in [0.1, 0.15) is 55.3 Å². The maximum Gasteiger partial charge on any atom is 0.234 e. The minimum atomic E-state index is 0.438. The van der Waals surface area contributed by atoms with Gasteiger partial charge in [0.1, 0.15) is 5.01 Å². The van der Waals surface area contributed by atoms with E-state index in [0.29, 0.717) is 5.92 Å². The first kappa shape index (κ1) is 14.9. The van der Waals surface area contributed by atoms with Gasteiger partial charge in [0.25, 0.3) is 0 Å². The molecule has 3 rings (SSSR count). The van der Waals surface area contributed by atoms with Gasteiger partial charge in [-0.15, -0.1) is 10.2 Å². The molecular weight excluding hydrogens is 286 g/mol. The van der Waals surface area contributed by atoms with Crippen molar-refractivity contribution in [3.05, 3.63) is 10.8 Å². The van der Waals surface area contributed by atoms with Crippen molar-refractivity contribution in [2.45, 2.75) is 50.9 Å². The highest BCUT2D eigenvalue weighted by atomic mass is 32.1. The molecular formula is C14H23N5OS. The topological polar surface area (TPSA) is 78.3 Å². The third kappa shape index (κ3) is 3.59. The van der Waals surface area contributed by atoms with Crippen LogP contribution < -0.4 is 5.73 Å². The Morgan fingerprint density at radius 3 is 2.76 bits per heavy atom. The smallest absolute Gasteiger partial charge is 0.234 e. The molecule has 0 bridgehead atoms. The molecule has 2 N–H and O–H groups in total. The molecule has 0 unspecified atom stereocenters. The van der Waals surface area contributed by atoms with Gasteiger partial charge in [0.2, 0.25) is 4.96 Å². The van der Waals surface area contributed by atoms with Crippen molar-refractivity contribution in [1.29, 1.82) is 0 Å².